The van der Waals surface area contributed by atoms with Crippen LogP contribution < -0.4 is 5.09 Å². The fourth-order valence-corrected chi connectivity index (χ4v) is 3.65. The van der Waals surface area contributed by atoms with E-state index >= 15 is 0 Å². The van der Waals surface area contributed by atoms with Gasteiger partial charge in [-0.05, 0) is 54.8 Å². The van der Waals surface area contributed by atoms with Crippen molar-refractivity contribution in [1.82, 2.24) is 0 Å². The topological polar surface area (TPSA) is 38.3 Å². The average Bonchev–Trinajstić information content (AvgIpc) is 2.48. The molecule has 25 heavy (non-hydrogen) atoms. The first-order valence-corrected chi connectivity index (χ1v) is 9.86. The highest BCUT2D eigenvalue weighted by atomic mass is 35.5. The molecule has 0 aliphatic rings. The van der Waals surface area contributed by atoms with Gasteiger partial charge in [0.1, 0.15) is 0 Å². The quantitative estimate of drug-likeness (QED) is 0.590. The van der Waals surface area contributed by atoms with E-state index in [9.17, 15) is 17.7 Å². The van der Waals surface area contributed by atoms with E-state index in [2.05, 4.69) is 5.09 Å². The fourth-order valence-electron chi connectivity index (χ4n) is 2.22. The highest BCUT2D eigenvalue weighted by Gasteiger charge is 2.45. The summed E-state index contributed by atoms with van der Waals surface area (Å²) in [4.78, 5) is 0. The number of alkyl halides is 3. The molecule has 0 aromatic heterocycles. The smallest absolute Gasteiger partial charge is 0.316 e. The van der Waals surface area contributed by atoms with Crippen molar-refractivity contribution >= 4 is 24.8 Å². The van der Waals surface area contributed by atoms with Crippen molar-refractivity contribution in [3.8, 4) is 0 Å². The largest absolute Gasteiger partial charge is 0.419 e. The molecule has 2 aromatic carbocycles. The van der Waals surface area contributed by atoms with Gasteiger partial charge in [0.15, 0.2) is 6.10 Å². The van der Waals surface area contributed by atoms with Crippen LogP contribution in [-0.4, -0.2) is 12.8 Å². The summed E-state index contributed by atoms with van der Waals surface area (Å²) in [6.45, 7) is 4.88. The van der Waals surface area contributed by atoms with Crippen LogP contribution in [0, 0.1) is 13.8 Å². The Morgan fingerprint density at radius 1 is 1.08 bits per heavy atom. The maximum atomic E-state index is 13.4. The van der Waals surface area contributed by atoms with E-state index < -0.39 is 19.8 Å². The third-order valence-electron chi connectivity index (χ3n) is 3.62. The van der Waals surface area contributed by atoms with Crippen molar-refractivity contribution in [2.24, 2.45) is 0 Å². The van der Waals surface area contributed by atoms with Crippen LogP contribution in [0.2, 0.25) is 5.02 Å². The van der Waals surface area contributed by atoms with E-state index in [0.29, 0.717) is 10.7 Å². The fraction of sp³-hybridized carbons (Fsp3) is 0.294. The lowest BCUT2D eigenvalue weighted by molar-refractivity contribution is -0.197. The van der Waals surface area contributed by atoms with Crippen LogP contribution in [-0.2, 0) is 9.09 Å². The van der Waals surface area contributed by atoms with Crippen molar-refractivity contribution < 1.29 is 22.3 Å². The zero-order valence-corrected chi connectivity index (χ0v) is 15.5. The van der Waals surface area contributed by atoms with Gasteiger partial charge < -0.3 is 5.09 Å². The number of anilines is 1. The molecule has 0 saturated heterocycles. The summed E-state index contributed by atoms with van der Waals surface area (Å²) >= 11 is 5.71. The monoisotopic (exact) mass is 391 g/mol. The van der Waals surface area contributed by atoms with Crippen molar-refractivity contribution in [2.45, 2.75) is 26.1 Å². The first kappa shape index (κ1) is 19.8. The standard InChI is InChI=1S/C17H18ClF3NO2P/c1-11-4-9-15(10-12(11)2)22-25(3,23)24-16(17(19,20)21)13-5-7-14(18)8-6-13/h4-10,16H,1-3H3,(H,22,23)/t16-,25-/m1/s1. The molecule has 0 amide bonds. The van der Waals surface area contributed by atoms with E-state index in [1.54, 1.807) is 18.2 Å². The minimum Gasteiger partial charge on any atom is -0.316 e. The second kappa shape index (κ2) is 7.40. The number of aryl methyl sites for hydroxylation is 2. The normalized spacial score (nSPS) is 15.5. The van der Waals surface area contributed by atoms with Gasteiger partial charge in [0, 0.05) is 17.4 Å². The first-order chi connectivity index (χ1) is 11.5. The lowest BCUT2D eigenvalue weighted by atomic mass is 10.1. The van der Waals surface area contributed by atoms with Crippen LogP contribution in [0.5, 0.6) is 0 Å². The second-order valence-corrected chi connectivity index (χ2v) is 8.40. The molecule has 0 spiro atoms. The molecular formula is C17H18ClF3NO2P. The van der Waals surface area contributed by atoms with Gasteiger partial charge in [0.25, 0.3) is 7.52 Å². The number of hydrogen-bond donors (Lipinski definition) is 1. The van der Waals surface area contributed by atoms with E-state index in [4.69, 9.17) is 16.1 Å². The summed E-state index contributed by atoms with van der Waals surface area (Å²) in [5.74, 6) is 0. The van der Waals surface area contributed by atoms with Crippen LogP contribution in [0.1, 0.15) is 22.8 Å². The number of nitrogens with one attached hydrogen (secondary N) is 1. The molecule has 2 aromatic rings. The van der Waals surface area contributed by atoms with Crippen molar-refractivity contribution in [2.75, 3.05) is 11.8 Å². The van der Waals surface area contributed by atoms with E-state index in [1.807, 2.05) is 13.8 Å². The minimum atomic E-state index is -4.72. The maximum absolute atomic E-state index is 13.4. The molecule has 136 valence electrons. The molecule has 1 N–H and O–H groups in total. The lowest BCUT2D eigenvalue weighted by Gasteiger charge is -2.26. The summed E-state index contributed by atoms with van der Waals surface area (Å²) in [6.07, 6.45) is -7.04. The molecular weight excluding hydrogens is 374 g/mol. The van der Waals surface area contributed by atoms with Gasteiger partial charge in [-0.2, -0.15) is 13.2 Å². The van der Waals surface area contributed by atoms with E-state index in [1.165, 1.54) is 24.3 Å². The molecule has 0 aliphatic carbocycles. The predicted octanol–water partition coefficient (Wildman–Crippen LogP) is 6.51. The van der Waals surface area contributed by atoms with Crippen LogP contribution in [0.4, 0.5) is 18.9 Å². The SMILES string of the molecule is Cc1ccc(N[P@](C)(=O)O[C@H](c2ccc(Cl)cc2)C(F)(F)F)cc1C. The molecule has 0 fully saturated rings. The molecule has 0 radical (unpaired) electrons. The molecule has 2 rings (SSSR count). The van der Waals surface area contributed by atoms with Gasteiger partial charge in [0.2, 0.25) is 0 Å². The zero-order chi connectivity index (χ0) is 18.8. The molecule has 0 aliphatic heterocycles. The molecule has 8 heteroatoms. The van der Waals surface area contributed by atoms with Gasteiger partial charge in [-0.3, -0.25) is 9.09 Å². The summed E-state index contributed by atoms with van der Waals surface area (Å²) in [6, 6.07) is 10.2. The summed E-state index contributed by atoms with van der Waals surface area (Å²) in [5, 5.41) is 2.88. The first-order valence-electron chi connectivity index (χ1n) is 7.41. The average molecular weight is 392 g/mol. The van der Waals surface area contributed by atoms with Gasteiger partial charge in [-0.1, -0.05) is 29.8 Å². The van der Waals surface area contributed by atoms with Crippen LogP contribution in [0.3, 0.4) is 0 Å². The summed E-state index contributed by atoms with van der Waals surface area (Å²) in [5.41, 5.74) is 2.22. The van der Waals surface area contributed by atoms with Crippen LogP contribution in [0.25, 0.3) is 0 Å². The predicted molar refractivity (Wildman–Crippen MR) is 94.4 cm³/mol. The minimum absolute atomic E-state index is 0.166. The number of halogens is 4. The van der Waals surface area contributed by atoms with Crippen molar-refractivity contribution in [3.05, 3.63) is 64.2 Å². The van der Waals surface area contributed by atoms with Crippen molar-refractivity contribution in [1.29, 1.82) is 0 Å². The Labute approximate surface area is 149 Å². The Morgan fingerprint density at radius 3 is 2.20 bits per heavy atom. The van der Waals surface area contributed by atoms with Crippen LogP contribution in [0.15, 0.2) is 42.5 Å². The Morgan fingerprint density at radius 2 is 1.68 bits per heavy atom. The highest BCUT2D eigenvalue weighted by molar-refractivity contribution is 7.59. The summed E-state index contributed by atoms with van der Waals surface area (Å²) in [7, 11) is -3.78. The van der Waals surface area contributed by atoms with E-state index in [0.717, 1.165) is 17.8 Å². The summed E-state index contributed by atoms with van der Waals surface area (Å²) < 4.78 is 57.8. The van der Waals surface area contributed by atoms with Gasteiger partial charge in [0.05, 0.1) is 0 Å². The zero-order valence-electron chi connectivity index (χ0n) is 13.9. The molecule has 2 atom stereocenters. The number of hydrogen-bond acceptors (Lipinski definition) is 2. The van der Waals surface area contributed by atoms with Gasteiger partial charge in [-0.25, -0.2) is 0 Å². The lowest BCUT2D eigenvalue weighted by Crippen LogP contribution is -2.23. The molecule has 0 bridgehead atoms. The van der Waals surface area contributed by atoms with E-state index in [-0.39, 0.29) is 5.56 Å². The highest BCUT2D eigenvalue weighted by Crippen LogP contribution is 2.51. The number of rotatable bonds is 5. The van der Waals surface area contributed by atoms with Gasteiger partial charge >= 0.3 is 6.18 Å². The molecule has 0 heterocycles. The van der Waals surface area contributed by atoms with Gasteiger partial charge in [-0.15, -0.1) is 0 Å². The second-order valence-electron chi connectivity index (χ2n) is 5.84. The Balaban J connectivity index is 2.25. The van der Waals surface area contributed by atoms with Crippen molar-refractivity contribution in [3.63, 3.8) is 0 Å². The third-order valence-corrected chi connectivity index (χ3v) is 5.15. The Hall–Kier alpha value is -1.49. The molecule has 0 saturated carbocycles. The maximum Gasteiger partial charge on any atom is 0.419 e. The Bertz CT molecular complexity index is 793. The molecule has 3 nitrogen and oxygen atoms in total. The molecule has 0 unspecified atom stereocenters. The number of benzene rings is 2. The third kappa shape index (κ3) is 5.50. The Kier molecular flexibility index (Phi) is 5.87. The van der Waals surface area contributed by atoms with Crippen LogP contribution >= 0.6 is 19.1 Å².